The average molecular weight is 326 g/mol. The second-order valence-corrected chi connectivity index (χ2v) is 5.58. The van der Waals surface area contributed by atoms with E-state index in [4.69, 9.17) is 28.3 Å². The third-order valence-corrected chi connectivity index (χ3v) is 3.74. The number of halogens is 2. The first kappa shape index (κ1) is 16.3. The van der Waals surface area contributed by atoms with Crippen LogP contribution in [0.4, 0.5) is 0 Å². The largest absolute Gasteiger partial charge is 0.395 e. The van der Waals surface area contributed by atoms with Gasteiger partial charge in [-0.2, -0.15) is 0 Å². The molecule has 2 aromatic rings. The monoisotopic (exact) mass is 325 g/mol. The molecule has 21 heavy (non-hydrogen) atoms. The van der Waals surface area contributed by atoms with Crippen LogP contribution in [0.2, 0.25) is 10.0 Å². The molecule has 0 aromatic heterocycles. The number of nitrogens with one attached hydrogen (secondary N) is 1. The van der Waals surface area contributed by atoms with Gasteiger partial charge in [0.05, 0.1) is 18.8 Å². The Morgan fingerprint density at radius 3 is 1.81 bits per heavy atom. The molecular formula is C16H17Cl2NO2. The molecule has 2 aromatic carbocycles. The minimum atomic E-state index is -0.755. The van der Waals surface area contributed by atoms with E-state index in [0.717, 1.165) is 11.1 Å². The van der Waals surface area contributed by atoms with Gasteiger partial charge in [0, 0.05) is 16.6 Å². The first-order chi connectivity index (χ1) is 10.1. The topological polar surface area (TPSA) is 52.5 Å². The summed E-state index contributed by atoms with van der Waals surface area (Å²) >= 11 is 11.8. The minimum Gasteiger partial charge on any atom is -0.395 e. The predicted molar refractivity (Wildman–Crippen MR) is 85.7 cm³/mol. The van der Waals surface area contributed by atoms with Crippen LogP contribution < -0.4 is 5.32 Å². The second-order valence-electron chi connectivity index (χ2n) is 4.70. The number of aliphatic hydroxyl groups is 2. The summed E-state index contributed by atoms with van der Waals surface area (Å²) in [6.45, 7) is 0.384. The summed E-state index contributed by atoms with van der Waals surface area (Å²) < 4.78 is 0. The second kappa shape index (κ2) is 7.78. The predicted octanol–water partition coefficient (Wildman–Crippen LogP) is 3.35. The van der Waals surface area contributed by atoms with Gasteiger partial charge in [-0.3, -0.25) is 0 Å². The van der Waals surface area contributed by atoms with Crippen LogP contribution in [0.3, 0.4) is 0 Å². The molecule has 5 heteroatoms. The lowest BCUT2D eigenvalue weighted by Crippen LogP contribution is -2.29. The summed E-state index contributed by atoms with van der Waals surface area (Å²) in [6.07, 6.45) is -0.755. The molecule has 3 nitrogen and oxygen atoms in total. The molecule has 0 saturated carbocycles. The highest BCUT2D eigenvalue weighted by Gasteiger charge is 2.22. The van der Waals surface area contributed by atoms with Crippen LogP contribution in [0.15, 0.2) is 48.5 Å². The van der Waals surface area contributed by atoms with Crippen molar-refractivity contribution >= 4 is 23.2 Å². The van der Waals surface area contributed by atoms with E-state index in [1.54, 1.807) is 36.4 Å². The van der Waals surface area contributed by atoms with Crippen molar-refractivity contribution in [1.29, 1.82) is 0 Å². The minimum absolute atomic E-state index is 0.00255. The van der Waals surface area contributed by atoms with E-state index in [-0.39, 0.29) is 12.6 Å². The zero-order valence-corrected chi connectivity index (χ0v) is 12.8. The van der Waals surface area contributed by atoms with Gasteiger partial charge in [0.1, 0.15) is 0 Å². The first-order valence-electron chi connectivity index (χ1n) is 6.65. The molecule has 0 bridgehead atoms. The Kier molecular flexibility index (Phi) is 6.03. The van der Waals surface area contributed by atoms with Gasteiger partial charge in [-0.15, -0.1) is 0 Å². The Morgan fingerprint density at radius 2 is 1.33 bits per heavy atom. The summed E-state index contributed by atoms with van der Waals surface area (Å²) in [4.78, 5) is 0. The first-order valence-corrected chi connectivity index (χ1v) is 7.40. The SMILES string of the molecule is OCCN[C@@H](c1ccc(Cl)cc1)[C@H](O)c1ccc(Cl)cc1. The highest BCUT2D eigenvalue weighted by Crippen LogP contribution is 2.30. The summed E-state index contributed by atoms with van der Waals surface area (Å²) in [7, 11) is 0. The third kappa shape index (κ3) is 4.43. The number of aliphatic hydroxyl groups excluding tert-OH is 2. The molecule has 2 rings (SSSR count). The van der Waals surface area contributed by atoms with Gasteiger partial charge >= 0.3 is 0 Å². The van der Waals surface area contributed by atoms with Crippen LogP contribution in [0.5, 0.6) is 0 Å². The molecular weight excluding hydrogens is 309 g/mol. The molecule has 0 aliphatic heterocycles. The van der Waals surface area contributed by atoms with Crippen LogP contribution >= 0.6 is 23.2 Å². The van der Waals surface area contributed by atoms with Crippen molar-refractivity contribution in [3.8, 4) is 0 Å². The third-order valence-electron chi connectivity index (χ3n) is 3.23. The molecule has 0 radical (unpaired) electrons. The van der Waals surface area contributed by atoms with E-state index in [0.29, 0.717) is 16.6 Å². The maximum atomic E-state index is 10.6. The fourth-order valence-electron chi connectivity index (χ4n) is 2.15. The maximum Gasteiger partial charge on any atom is 0.0984 e. The van der Waals surface area contributed by atoms with Crippen LogP contribution in [0.1, 0.15) is 23.3 Å². The Morgan fingerprint density at radius 1 is 0.857 bits per heavy atom. The summed E-state index contributed by atoms with van der Waals surface area (Å²) in [6, 6.07) is 14.0. The standard InChI is InChI=1S/C16H17Cl2NO2/c17-13-5-1-11(2-6-13)15(19-9-10-20)16(21)12-3-7-14(18)8-4-12/h1-8,15-16,19-21H,9-10H2/t15-,16+/m0/s1. The number of rotatable bonds is 6. The number of hydrogen-bond donors (Lipinski definition) is 3. The normalized spacial score (nSPS) is 13.9. The smallest absolute Gasteiger partial charge is 0.0984 e. The van der Waals surface area contributed by atoms with E-state index in [9.17, 15) is 5.11 Å². The molecule has 0 saturated heterocycles. The van der Waals surface area contributed by atoms with Crippen LogP contribution in [-0.4, -0.2) is 23.4 Å². The zero-order chi connectivity index (χ0) is 15.2. The van der Waals surface area contributed by atoms with Gasteiger partial charge < -0.3 is 15.5 Å². The van der Waals surface area contributed by atoms with Crippen molar-refractivity contribution in [2.24, 2.45) is 0 Å². The average Bonchev–Trinajstić information content (AvgIpc) is 2.50. The van der Waals surface area contributed by atoms with Crippen molar-refractivity contribution < 1.29 is 10.2 Å². The number of hydrogen-bond acceptors (Lipinski definition) is 3. The molecule has 0 heterocycles. The van der Waals surface area contributed by atoms with Crippen LogP contribution in [0.25, 0.3) is 0 Å². The van der Waals surface area contributed by atoms with Crippen molar-refractivity contribution in [1.82, 2.24) is 5.32 Å². The summed E-state index contributed by atoms with van der Waals surface area (Å²) in [5, 5.41) is 24.0. The quantitative estimate of drug-likeness (QED) is 0.763. The lowest BCUT2D eigenvalue weighted by molar-refractivity contribution is 0.124. The Balaban J connectivity index is 2.26. The van der Waals surface area contributed by atoms with Gasteiger partial charge in [0.2, 0.25) is 0 Å². The lowest BCUT2D eigenvalue weighted by atomic mass is 9.96. The zero-order valence-electron chi connectivity index (χ0n) is 11.3. The molecule has 2 atom stereocenters. The van der Waals surface area contributed by atoms with Crippen LogP contribution in [-0.2, 0) is 0 Å². The van der Waals surface area contributed by atoms with E-state index in [1.165, 1.54) is 0 Å². The van der Waals surface area contributed by atoms with E-state index < -0.39 is 6.10 Å². The van der Waals surface area contributed by atoms with Gasteiger partial charge in [0.15, 0.2) is 0 Å². The van der Waals surface area contributed by atoms with Crippen molar-refractivity contribution in [3.63, 3.8) is 0 Å². The summed E-state index contributed by atoms with van der Waals surface area (Å²) in [5.41, 5.74) is 1.65. The van der Waals surface area contributed by atoms with Crippen LogP contribution in [0, 0.1) is 0 Å². The molecule has 0 spiro atoms. The Bertz CT molecular complexity index is 557. The van der Waals surface area contributed by atoms with Gasteiger partial charge in [-0.25, -0.2) is 0 Å². The van der Waals surface area contributed by atoms with E-state index in [1.807, 2.05) is 12.1 Å². The lowest BCUT2D eigenvalue weighted by Gasteiger charge is -2.25. The maximum absolute atomic E-state index is 10.6. The fraction of sp³-hybridized carbons (Fsp3) is 0.250. The molecule has 0 aliphatic carbocycles. The molecule has 0 unspecified atom stereocenters. The Hall–Kier alpha value is -1.10. The van der Waals surface area contributed by atoms with E-state index >= 15 is 0 Å². The highest BCUT2D eigenvalue weighted by atomic mass is 35.5. The van der Waals surface area contributed by atoms with Gasteiger partial charge in [-0.1, -0.05) is 47.5 Å². The molecule has 0 amide bonds. The van der Waals surface area contributed by atoms with Crippen molar-refractivity contribution in [3.05, 3.63) is 69.7 Å². The molecule has 3 N–H and O–H groups in total. The fourth-order valence-corrected chi connectivity index (χ4v) is 2.41. The molecule has 0 aliphatic rings. The number of benzene rings is 2. The van der Waals surface area contributed by atoms with Crippen molar-refractivity contribution in [2.45, 2.75) is 12.1 Å². The van der Waals surface area contributed by atoms with E-state index in [2.05, 4.69) is 5.32 Å². The molecule has 112 valence electrons. The van der Waals surface area contributed by atoms with Crippen molar-refractivity contribution in [2.75, 3.05) is 13.2 Å². The van der Waals surface area contributed by atoms with Gasteiger partial charge in [0.25, 0.3) is 0 Å². The molecule has 0 fully saturated rings. The van der Waals surface area contributed by atoms with Gasteiger partial charge in [-0.05, 0) is 35.4 Å². The Labute approximate surface area is 134 Å². The highest BCUT2D eigenvalue weighted by molar-refractivity contribution is 6.30. The summed E-state index contributed by atoms with van der Waals surface area (Å²) in [5.74, 6) is 0.